The van der Waals surface area contributed by atoms with Crippen LogP contribution in [-0.2, 0) is 26.0 Å². The van der Waals surface area contributed by atoms with Gasteiger partial charge in [0.1, 0.15) is 11.8 Å². The summed E-state index contributed by atoms with van der Waals surface area (Å²) in [5, 5.41) is 15.8. The summed E-state index contributed by atoms with van der Waals surface area (Å²) >= 11 is 0. The van der Waals surface area contributed by atoms with Crippen LogP contribution in [0.5, 0.6) is 5.75 Å². The van der Waals surface area contributed by atoms with Gasteiger partial charge in [0.05, 0.1) is 12.0 Å². The third-order valence-electron chi connectivity index (χ3n) is 9.84. The van der Waals surface area contributed by atoms with Crippen molar-refractivity contribution in [3.63, 3.8) is 0 Å². The number of nitrogens with zero attached hydrogens (tertiary/aromatic N) is 2. The fourth-order valence-corrected chi connectivity index (χ4v) is 8.34. The van der Waals surface area contributed by atoms with Gasteiger partial charge in [-0.05, 0) is 100 Å². The summed E-state index contributed by atoms with van der Waals surface area (Å²) in [6.07, 6.45) is 5.49. The first-order valence-corrected chi connectivity index (χ1v) is 18.0. The number of methoxy groups -OCH3 is 1. The molecule has 3 aliphatic heterocycles. The molecular weight excluding hydrogens is 606 g/mol. The zero-order chi connectivity index (χ0) is 32.7. The van der Waals surface area contributed by atoms with Crippen LogP contribution in [0.15, 0.2) is 53.4 Å². The van der Waals surface area contributed by atoms with E-state index in [2.05, 4.69) is 37.3 Å². The molecule has 0 aromatic heterocycles. The van der Waals surface area contributed by atoms with E-state index in [-0.39, 0.29) is 23.3 Å². The minimum atomic E-state index is -4.06. The van der Waals surface area contributed by atoms with Crippen molar-refractivity contribution in [3.05, 3.63) is 59.7 Å². The van der Waals surface area contributed by atoms with Crippen LogP contribution in [0.25, 0.3) is 0 Å². The third-order valence-corrected chi connectivity index (χ3v) is 11.3. The zero-order valence-electron chi connectivity index (χ0n) is 27.0. The van der Waals surface area contributed by atoms with Crippen molar-refractivity contribution in [2.24, 2.45) is 11.8 Å². The molecule has 2 aromatic carbocycles. The van der Waals surface area contributed by atoms with Crippen LogP contribution in [0.1, 0.15) is 43.2 Å². The van der Waals surface area contributed by atoms with Crippen LogP contribution in [0.3, 0.4) is 0 Å². The number of piperidine rings is 2. The molecule has 3 aliphatic rings. The van der Waals surface area contributed by atoms with E-state index in [9.17, 15) is 23.1 Å². The number of nitrogens with one attached hydrogen (secondary N) is 3. The Bertz CT molecular complexity index is 1410. The molecule has 4 atom stereocenters. The standard InChI is InChI=1S/C34H49N5O6S/c1-24-3-9-31(10-4-24)46(43,44)37-32(34(41)42)20-36-33(40)19-27-13-16-38-22-29(17-25-5-7-30(45-2)8-6-25)39(23-28(38)18-27)21-26-11-14-35-15-12-26/h3-10,26-29,32,35,37H,11-23H2,1-2H3,(H,36,40)(H,41,42)/t27?,28-,29+,32+/m1/s1. The quantitative estimate of drug-likeness (QED) is 0.256. The number of carbonyl (C=O) groups excluding carboxylic acids is 1. The molecule has 1 amide bonds. The molecule has 252 valence electrons. The van der Waals surface area contributed by atoms with E-state index in [1.165, 1.54) is 30.5 Å². The topological polar surface area (TPSA) is 140 Å². The van der Waals surface area contributed by atoms with E-state index in [0.717, 1.165) is 69.8 Å². The first-order valence-electron chi connectivity index (χ1n) is 16.5. The van der Waals surface area contributed by atoms with E-state index in [0.29, 0.717) is 24.4 Å². The number of piperazine rings is 1. The van der Waals surface area contributed by atoms with Gasteiger partial charge in [-0.25, -0.2) is 8.42 Å². The Morgan fingerprint density at radius 2 is 1.74 bits per heavy atom. The molecule has 46 heavy (non-hydrogen) atoms. The monoisotopic (exact) mass is 655 g/mol. The molecule has 0 spiro atoms. The number of hydrogen-bond donors (Lipinski definition) is 4. The number of sulfonamides is 1. The number of amides is 1. The number of aliphatic carboxylic acids is 1. The predicted octanol–water partition coefficient (Wildman–Crippen LogP) is 2.25. The number of carbonyl (C=O) groups is 2. The number of carboxylic acids is 1. The fourth-order valence-electron chi connectivity index (χ4n) is 7.15. The normalized spacial score (nSPS) is 23.7. The van der Waals surface area contributed by atoms with E-state index < -0.39 is 22.0 Å². The lowest BCUT2D eigenvalue weighted by atomic mass is 9.84. The van der Waals surface area contributed by atoms with Crippen molar-refractivity contribution in [3.8, 4) is 5.75 Å². The smallest absolute Gasteiger partial charge is 0.323 e. The lowest BCUT2D eigenvalue weighted by Crippen LogP contribution is -2.62. The van der Waals surface area contributed by atoms with Crippen LogP contribution in [-0.4, -0.2) is 106 Å². The van der Waals surface area contributed by atoms with Crippen LogP contribution >= 0.6 is 0 Å². The molecule has 2 aromatic rings. The molecule has 3 heterocycles. The zero-order valence-corrected chi connectivity index (χ0v) is 27.8. The van der Waals surface area contributed by atoms with Gasteiger partial charge in [-0.1, -0.05) is 29.8 Å². The highest BCUT2D eigenvalue weighted by molar-refractivity contribution is 7.89. The SMILES string of the molecule is COc1ccc(C[C@H]2CN3CCC(CC(=O)NC[C@H](NS(=O)(=O)c4ccc(C)cc4)C(=O)O)C[C@@H]3CN2CC2CCNCC2)cc1. The third kappa shape index (κ3) is 9.28. The molecule has 3 saturated heterocycles. The summed E-state index contributed by atoms with van der Waals surface area (Å²) in [4.78, 5) is 30.1. The maximum Gasteiger partial charge on any atom is 0.323 e. The Morgan fingerprint density at radius 3 is 2.41 bits per heavy atom. The second-order valence-corrected chi connectivity index (χ2v) is 14.9. The van der Waals surface area contributed by atoms with Gasteiger partial charge < -0.3 is 20.5 Å². The van der Waals surface area contributed by atoms with Gasteiger partial charge in [-0.15, -0.1) is 0 Å². The van der Waals surface area contributed by atoms with Gasteiger partial charge in [0.2, 0.25) is 15.9 Å². The highest BCUT2D eigenvalue weighted by atomic mass is 32.2. The summed E-state index contributed by atoms with van der Waals surface area (Å²) in [5.41, 5.74) is 2.20. The van der Waals surface area contributed by atoms with E-state index in [1.54, 1.807) is 19.2 Å². The van der Waals surface area contributed by atoms with Crippen molar-refractivity contribution in [2.75, 3.05) is 52.9 Å². The molecular formula is C34H49N5O6S. The Balaban J connectivity index is 1.16. The van der Waals surface area contributed by atoms with Crippen molar-refractivity contribution in [1.29, 1.82) is 0 Å². The summed E-state index contributed by atoms with van der Waals surface area (Å²) in [7, 11) is -2.37. The largest absolute Gasteiger partial charge is 0.497 e. The minimum Gasteiger partial charge on any atom is -0.497 e. The maximum atomic E-state index is 13.0. The van der Waals surface area contributed by atoms with Gasteiger partial charge in [-0.2, -0.15) is 4.72 Å². The molecule has 0 saturated carbocycles. The maximum absolute atomic E-state index is 13.0. The Labute approximate surface area is 273 Å². The number of rotatable bonds is 13. The first kappa shape index (κ1) is 34.3. The van der Waals surface area contributed by atoms with Gasteiger partial charge in [0.15, 0.2) is 0 Å². The molecule has 4 N–H and O–H groups in total. The highest BCUT2D eigenvalue weighted by Gasteiger charge is 2.39. The van der Waals surface area contributed by atoms with E-state index >= 15 is 0 Å². The lowest BCUT2D eigenvalue weighted by Gasteiger charge is -2.51. The van der Waals surface area contributed by atoms with Gasteiger partial charge >= 0.3 is 5.97 Å². The molecule has 0 bridgehead atoms. The number of benzene rings is 2. The average molecular weight is 656 g/mol. The lowest BCUT2D eigenvalue weighted by molar-refractivity contribution is -0.138. The van der Waals surface area contributed by atoms with Gasteiger partial charge in [0.25, 0.3) is 0 Å². The van der Waals surface area contributed by atoms with Gasteiger partial charge in [-0.3, -0.25) is 19.4 Å². The van der Waals surface area contributed by atoms with Crippen LogP contribution in [0.2, 0.25) is 0 Å². The Kier molecular flexibility index (Phi) is 11.7. The minimum absolute atomic E-state index is 0.0182. The molecule has 0 aliphatic carbocycles. The second-order valence-electron chi connectivity index (χ2n) is 13.2. The summed E-state index contributed by atoms with van der Waals surface area (Å²) < 4.78 is 33.1. The van der Waals surface area contributed by atoms with Crippen molar-refractivity contribution >= 4 is 21.9 Å². The molecule has 12 heteroatoms. The molecule has 5 rings (SSSR count). The molecule has 11 nitrogen and oxygen atoms in total. The highest BCUT2D eigenvalue weighted by Crippen LogP contribution is 2.32. The summed E-state index contributed by atoms with van der Waals surface area (Å²) in [6, 6.07) is 13.9. The fraction of sp³-hybridized carbons (Fsp3) is 0.588. The van der Waals surface area contributed by atoms with Crippen molar-refractivity contribution < 1.29 is 27.9 Å². The second kappa shape index (κ2) is 15.7. The van der Waals surface area contributed by atoms with E-state index in [1.807, 2.05) is 19.1 Å². The number of hydrogen-bond acceptors (Lipinski definition) is 8. The average Bonchev–Trinajstić information content (AvgIpc) is 3.04. The van der Waals surface area contributed by atoms with Crippen LogP contribution in [0.4, 0.5) is 0 Å². The summed E-state index contributed by atoms with van der Waals surface area (Å²) in [5.74, 6) is 0.144. The first-order chi connectivity index (χ1) is 22.1. The number of aryl methyl sites for hydroxylation is 1. The molecule has 1 unspecified atom stereocenters. The van der Waals surface area contributed by atoms with E-state index in [4.69, 9.17) is 4.74 Å². The number of ether oxygens (including phenoxy) is 1. The Morgan fingerprint density at radius 1 is 1.02 bits per heavy atom. The van der Waals surface area contributed by atoms with Crippen molar-refractivity contribution in [2.45, 2.75) is 68.5 Å². The van der Waals surface area contributed by atoms with Crippen molar-refractivity contribution in [1.82, 2.24) is 25.2 Å². The molecule has 3 fully saturated rings. The van der Waals surface area contributed by atoms with Gasteiger partial charge in [0, 0.05) is 44.7 Å². The summed E-state index contributed by atoms with van der Waals surface area (Å²) in [6.45, 7) is 7.66. The van der Waals surface area contributed by atoms with Crippen LogP contribution in [0, 0.1) is 18.8 Å². The van der Waals surface area contributed by atoms with Crippen LogP contribution < -0.4 is 20.1 Å². The number of fused-ring (bicyclic) bond motifs is 1. The number of carboxylic acid groups (broad SMARTS) is 1. The molecule has 0 radical (unpaired) electrons. The predicted molar refractivity (Wildman–Crippen MR) is 176 cm³/mol. The Hall–Kier alpha value is -3.03.